The molecule has 0 aliphatic rings. The molecule has 0 heterocycles. The molecule has 0 radical (unpaired) electrons. The molecule has 0 aromatic heterocycles. The first-order valence-corrected chi connectivity index (χ1v) is 8.82. The van der Waals surface area contributed by atoms with Crippen LogP contribution in [0.4, 0.5) is 0 Å². The van der Waals surface area contributed by atoms with E-state index in [1.54, 1.807) is 0 Å². The molecule has 0 saturated heterocycles. The van der Waals surface area contributed by atoms with Gasteiger partial charge in [-0.1, -0.05) is 78.8 Å². The van der Waals surface area contributed by atoms with Crippen LogP contribution >= 0.6 is 0 Å². The van der Waals surface area contributed by atoms with Crippen LogP contribution in [0, 0.1) is 0 Å². The first-order chi connectivity index (χ1) is 10.3. The van der Waals surface area contributed by atoms with Crippen molar-refractivity contribution in [2.24, 2.45) is 0 Å². The lowest BCUT2D eigenvalue weighted by Gasteiger charge is -1.99. The zero-order valence-electron chi connectivity index (χ0n) is 12.9. The largest absolute Gasteiger partial charge is 0.772 e. The quantitative estimate of drug-likeness (QED) is 0.376. The van der Waals surface area contributed by atoms with Crippen molar-refractivity contribution in [2.45, 2.75) is 45.4 Å². The van der Waals surface area contributed by atoms with Crippen molar-refractivity contribution >= 4 is 11.1 Å². The van der Waals surface area contributed by atoms with Crippen LogP contribution < -0.4 is 0 Å². The summed E-state index contributed by atoms with van der Waals surface area (Å²) in [6, 6.07) is 0. The van der Waals surface area contributed by atoms with Gasteiger partial charge in [0.2, 0.25) is 0 Å². The van der Waals surface area contributed by atoms with Crippen molar-refractivity contribution in [3.63, 3.8) is 0 Å². The van der Waals surface area contributed by atoms with E-state index in [0.717, 1.165) is 32.1 Å². The number of rotatable bonds is 12. The predicted octanol–water partition coefficient (Wildman–Crippen LogP) is 5.01. The van der Waals surface area contributed by atoms with E-state index in [-0.39, 0.29) is 5.75 Å². The van der Waals surface area contributed by atoms with Crippen LogP contribution in [0.15, 0.2) is 60.8 Å². The predicted molar refractivity (Wildman–Crippen MR) is 92.9 cm³/mol. The molecule has 0 aromatic rings. The maximum Gasteiger partial charge on any atom is 0.0136 e. The number of hydrogen-bond donors (Lipinski definition) is 0. The average molecular weight is 307 g/mol. The Morgan fingerprint density at radius 1 is 0.714 bits per heavy atom. The Morgan fingerprint density at radius 2 is 1.10 bits per heavy atom. The Balaban J connectivity index is 3.47. The van der Waals surface area contributed by atoms with Crippen molar-refractivity contribution in [3.05, 3.63) is 60.8 Å². The van der Waals surface area contributed by atoms with Crippen molar-refractivity contribution in [1.82, 2.24) is 0 Å². The molecule has 0 fully saturated rings. The summed E-state index contributed by atoms with van der Waals surface area (Å²) >= 11 is -1.92. The molecule has 0 aliphatic heterocycles. The van der Waals surface area contributed by atoms with Crippen molar-refractivity contribution in [3.8, 4) is 0 Å². The van der Waals surface area contributed by atoms with Gasteiger partial charge in [-0.3, -0.25) is 4.21 Å². The maximum absolute atomic E-state index is 10.3. The lowest BCUT2D eigenvalue weighted by atomic mass is 10.2. The highest BCUT2D eigenvalue weighted by Crippen LogP contribution is 1.96. The summed E-state index contributed by atoms with van der Waals surface area (Å²) in [6.45, 7) is 2.14. The molecule has 2 nitrogen and oxygen atoms in total. The van der Waals surface area contributed by atoms with Crippen LogP contribution in [0.3, 0.4) is 0 Å². The molecular formula is C18H27O2S-. The molecule has 0 aliphatic carbocycles. The molecule has 118 valence electrons. The number of allylic oxidation sites excluding steroid dienone is 10. The topological polar surface area (TPSA) is 40.1 Å². The summed E-state index contributed by atoms with van der Waals surface area (Å²) in [5.41, 5.74) is 0. The lowest BCUT2D eigenvalue weighted by Crippen LogP contribution is -1.92. The Bertz CT molecular complexity index is 390. The standard InChI is InChI=1S/C18H28O2S/c1-2-3-4-5-6-7-8-9-10-11-12-13-14-15-16-17-18-21(19)20/h3-4,6-7,9-10,12-13,15-16H,2,5,8,11,14,17-18H2,1H3,(H,19,20)/p-1. The van der Waals surface area contributed by atoms with E-state index in [9.17, 15) is 8.76 Å². The summed E-state index contributed by atoms with van der Waals surface area (Å²) in [4.78, 5) is 0. The van der Waals surface area contributed by atoms with Gasteiger partial charge in [-0.05, 0) is 38.5 Å². The summed E-state index contributed by atoms with van der Waals surface area (Å²) in [5.74, 6) is 0.213. The SMILES string of the molecule is CCC=CCC=CCC=CCC=CCC=CCCS(=O)[O-]. The molecule has 0 saturated carbocycles. The molecule has 0 bridgehead atoms. The van der Waals surface area contributed by atoms with E-state index in [1.165, 1.54) is 0 Å². The van der Waals surface area contributed by atoms with Crippen molar-refractivity contribution in [2.75, 3.05) is 5.75 Å². The fourth-order valence-corrected chi connectivity index (χ4v) is 1.86. The van der Waals surface area contributed by atoms with E-state index in [2.05, 4.69) is 55.5 Å². The highest BCUT2D eigenvalue weighted by atomic mass is 32.2. The normalized spacial score (nSPS) is 14.6. The third-order valence-corrected chi connectivity index (χ3v) is 3.18. The minimum atomic E-state index is -1.92. The van der Waals surface area contributed by atoms with Gasteiger partial charge in [-0.2, -0.15) is 0 Å². The second-order valence-corrected chi connectivity index (χ2v) is 5.52. The van der Waals surface area contributed by atoms with Gasteiger partial charge in [-0.25, -0.2) is 0 Å². The van der Waals surface area contributed by atoms with E-state index < -0.39 is 11.1 Å². The monoisotopic (exact) mass is 307 g/mol. The van der Waals surface area contributed by atoms with Crippen LogP contribution in [0.1, 0.15) is 45.4 Å². The second-order valence-electron chi connectivity index (χ2n) is 4.50. The van der Waals surface area contributed by atoms with E-state index >= 15 is 0 Å². The van der Waals surface area contributed by atoms with Gasteiger partial charge in [0.15, 0.2) is 0 Å². The molecule has 0 spiro atoms. The Labute approximate surface area is 132 Å². The molecule has 1 atom stereocenters. The summed E-state index contributed by atoms with van der Waals surface area (Å²) < 4.78 is 20.6. The molecule has 0 aromatic carbocycles. The maximum atomic E-state index is 10.3. The molecular weight excluding hydrogens is 280 g/mol. The van der Waals surface area contributed by atoms with Gasteiger partial charge in [-0.15, -0.1) is 0 Å². The minimum absolute atomic E-state index is 0.213. The van der Waals surface area contributed by atoms with E-state index in [4.69, 9.17) is 0 Å². The molecule has 3 heteroatoms. The molecule has 0 rings (SSSR count). The van der Waals surface area contributed by atoms with Gasteiger partial charge in [0, 0.05) is 5.75 Å². The average Bonchev–Trinajstić information content (AvgIpc) is 2.46. The van der Waals surface area contributed by atoms with Gasteiger partial charge in [0.05, 0.1) is 0 Å². The lowest BCUT2D eigenvalue weighted by molar-refractivity contribution is 0.537. The fourth-order valence-electron chi connectivity index (χ4n) is 1.53. The van der Waals surface area contributed by atoms with Gasteiger partial charge in [0.25, 0.3) is 0 Å². The smallest absolute Gasteiger partial charge is 0.0136 e. The Hall–Kier alpha value is -1.19. The third-order valence-electron chi connectivity index (χ3n) is 2.61. The third kappa shape index (κ3) is 18.8. The fraction of sp³-hybridized carbons (Fsp3) is 0.444. The van der Waals surface area contributed by atoms with Gasteiger partial charge < -0.3 is 4.55 Å². The summed E-state index contributed by atoms with van der Waals surface area (Å²) in [7, 11) is 0. The Kier molecular flexibility index (Phi) is 15.9. The minimum Gasteiger partial charge on any atom is -0.772 e. The number of hydrogen-bond acceptors (Lipinski definition) is 2. The first kappa shape index (κ1) is 19.8. The van der Waals surface area contributed by atoms with Crippen molar-refractivity contribution in [1.29, 1.82) is 0 Å². The zero-order valence-corrected chi connectivity index (χ0v) is 13.8. The molecule has 1 unspecified atom stereocenters. The zero-order chi connectivity index (χ0) is 15.6. The van der Waals surface area contributed by atoms with Crippen LogP contribution in [0.2, 0.25) is 0 Å². The first-order valence-electron chi connectivity index (χ1n) is 7.58. The van der Waals surface area contributed by atoms with Gasteiger partial charge >= 0.3 is 0 Å². The summed E-state index contributed by atoms with van der Waals surface area (Å²) in [5, 5.41) is 0. The van der Waals surface area contributed by atoms with E-state index in [0.29, 0.717) is 6.42 Å². The highest BCUT2D eigenvalue weighted by molar-refractivity contribution is 7.79. The van der Waals surface area contributed by atoms with Crippen molar-refractivity contribution < 1.29 is 8.76 Å². The summed E-state index contributed by atoms with van der Waals surface area (Å²) in [6.07, 6.45) is 26.7. The molecule has 0 amide bonds. The Morgan fingerprint density at radius 3 is 1.48 bits per heavy atom. The highest BCUT2D eigenvalue weighted by Gasteiger charge is 1.80. The van der Waals surface area contributed by atoms with Crippen LogP contribution in [0.5, 0.6) is 0 Å². The second kappa shape index (κ2) is 16.9. The van der Waals surface area contributed by atoms with Crippen LogP contribution in [-0.4, -0.2) is 14.5 Å². The molecule has 0 N–H and O–H groups in total. The van der Waals surface area contributed by atoms with E-state index in [1.807, 2.05) is 12.2 Å². The van der Waals surface area contributed by atoms with Crippen LogP contribution in [0.25, 0.3) is 0 Å². The molecule has 21 heavy (non-hydrogen) atoms. The van der Waals surface area contributed by atoms with Crippen LogP contribution in [-0.2, 0) is 11.1 Å². The van der Waals surface area contributed by atoms with Gasteiger partial charge in [0.1, 0.15) is 0 Å².